The number of carbonyl (C=O) groups is 2. The third-order valence-corrected chi connectivity index (χ3v) is 7.56. The van der Waals surface area contributed by atoms with Gasteiger partial charge < -0.3 is 35.1 Å². The number of hydrogen-bond donors (Lipinski definition) is 3. The number of ether oxygens (including phenoxy) is 4. The Morgan fingerprint density at radius 2 is 1.92 bits per heavy atom. The van der Waals surface area contributed by atoms with E-state index in [0.717, 1.165) is 38.7 Å². The molecular weight excluding hydrogens is 476 g/mol. The van der Waals surface area contributed by atoms with Crippen LogP contribution in [0.3, 0.4) is 0 Å². The van der Waals surface area contributed by atoms with E-state index in [2.05, 4.69) is 31.3 Å². The number of nitrogens with two attached hydrogens (primary N) is 1. The average Bonchev–Trinajstić information content (AvgIpc) is 3.54. The highest BCUT2D eigenvalue weighted by atomic mass is 16.6. The molecule has 2 amide bonds. The number of rotatable bonds is 12. The molecule has 0 bridgehead atoms. The molecule has 9 heteroatoms. The predicted molar refractivity (Wildman–Crippen MR) is 139 cm³/mol. The quantitative estimate of drug-likeness (QED) is 0.155. The number of aliphatic hydroxyl groups excluding tert-OH is 1. The highest BCUT2D eigenvalue weighted by Gasteiger charge is 2.51. The van der Waals surface area contributed by atoms with Gasteiger partial charge in [0, 0.05) is 18.9 Å². The van der Waals surface area contributed by atoms with Gasteiger partial charge in [-0.1, -0.05) is 32.1 Å². The Morgan fingerprint density at radius 3 is 2.57 bits per heavy atom. The Kier molecular flexibility index (Phi) is 10.7. The van der Waals surface area contributed by atoms with Crippen LogP contribution >= 0.6 is 0 Å². The molecule has 0 aromatic carbocycles. The van der Waals surface area contributed by atoms with Gasteiger partial charge in [0.1, 0.15) is 0 Å². The van der Waals surface area contributed by atoms with Crippen molar-refractivity contribution in [2.45, 2.75) is 122 Å². The summed E-state index contributed by atoms with van der Waals surface area (Å²) in [6.45, 7) is 10.4. The van der Waals surface area contributed by atoms with Gasteiger partial charge in [0.25, 0.3) is 0 Å². The number of nitrogens with one attached hydrogen (secondary N) is 1. The molecule has 3 rings (SSSR count). The Balaban J connectivity index is 1.41. The number of aliphatic hydroxyl groups is 1. The van der Waals surface area contributed by atoms with Gasteiger partial charge in [-0.3, -0.25) is 9.59 Å². The van der Waals surface area contributed by atoms with Gasteiger partial charge in [0.05, 0.1) is 55.2 Å². The van der Waals surface area contributed by atoms with E-state index < -0.39 is 6.29 Å². The van der Waals surface area contributed by atoms with Gasteiger partial charge in [-0.05, 0) is 51.9 Å². The molecule has 4 N–H and O–H groups in total. The molecule has 3 aliphatic heterocycles. The minimum absolute atomic E-state index is 0.0533. The van der Waals surface area contributed by atoms with Crippen LogP contribution in [0.5, 0.6) is 0 Å². The van der Waals surface area contributed by atoms with E-state index in [0.29, 0.717) is 11.8 Å². The first-order chi connectivity index (χ1) is 17.4. The third kappa shape index (κ3) is 9.80. The summed E-state index contributed by atoms with van der Waals surface area (Å²) < 4.78 is 23.3. The number of primary amides is 1. The second-order valence-corrected chi connectivity index (χ2v) is 11.3. The first kappa shape index (κ1) is 29.8. The zero-order valence-corrected chi connectivity index (χ0v) is 22.9. The predicted octanol–water partition coefficient (Wildman–Crippen LogP) is 2.75. The van der Waals surface area contributed by atoms with Crippen LogP contribution in [0.4, 0.5) is 0 Å². The summed E-state index contributed by atoms with van der Waals surface area (Å²) in [5.41, 5.74) is 5.24. The summed E-state index contributed by atoms with van der Waals surface area (Å²) in [7, 11) is 0. The maximum atomic E-state index is 12.3. The zero-order chi connectivity index (χ0) is 27.2. The third-order valence-electron chi connectivity index (χ3n) is 7.56. The van der Waals surface area contributed by atoms with E-state index in [1.165, 1.54) is 13.0 Å². The molecular formula is C28H46N2O7. The molecule has 0 aliphatic carbocycles. The van der Waals surface area contributed by atoms with Crippen molar-refractivity contribution in [1.82, 2.24) is 5.32 Å². The monoisotopic (exact) mass is 522 g/mol. The van der Waals surface area contributed by atoms with Crippen molar-refractivity contribution in [3.05, 3.63) is 24.3 Å². The first-order valence-corrected chi connectivity index (χ1v) is 13.7. The molecule has 0 aromatic rings. The van der Waals surface area contributed by atoms with Crippen molar-refractivity contribution < 1.29 is 33.6 Å². The van der Waals surface area contributed by atoms with Crippen molar-refractivity contribution in [2.75, 3.05) is 6.61 Å². The molecule has 1 spiro atoms. The van der Waals surface area contributed by atoms with E-state index in [9.17, 15) is 14.7 Å². The molecule has 9 unspecified atom stereocenters. The van der Waals surface area contributed by atoms with Gasteiger partial charge in [-0.2, -0.15) is 0 Å². The fourth-order valence-electron chi connectivity index (χ4n) is 5.43. The Bertz CT molecular complexity index is 825. The number of allylic oxidation sites excluding steroid dienone is 1. The minimum Gasteiger partial charge on any atom is -0.373 e. The van der Waals surface area contributed by atoms with Crippen LogP contribution in [0.15, 0.2) is 24.3 Å². The Morgan fingerprint density at radius 1 is 1.19 bits per heavy atom. The first-order valence-electron chi connectivity index (χ1n) is 13.7. The zero-order valence-electron chi connectivity index (χ0n) is 22.9. The van der Waals surface area contributed by atoms with Crippen LogP contribution in [0.1, 0.15) is 73.1 Å². The van der Waals surface area contributed by atoms with Crippen LogP contribution < -0.4 is 11.1 Å². The maximum Gasteiger partial charge on any atom is 0.244 e. The summed E-state index contributed by atoms with van der Waals surface area (Å²) in [4.78, 5) is 23.7. The van der Waals surface area contributed by atoms with E-state index in [-0.39, 0.29) is 60.4 Å². The lowest BCUT2D eigenvalue weighted by Crippen LogP contribution is -2.50. The van der Waals surface area contributed by atoms with Crippen LogP contribution in [0, 0.1) is 11.8 Å². The summed E-state index contributed by atoms with van der Waals surface area (Å²) in [5, 5.41) is 12.3. The van der Waals surface area contributed by atoms with Crippen molar-refractivity contribution in [3.8, 4) is 0 Å². The number of epoxide rings is 1. The molecule has 37 heavy (non-hydrogen) atoms. The SMILES string of the molecule is CC(/C=C/C1CC2(CO2)C[C@@H](CC(N)=O)O1)CCC1OC(C)C(NC(=O)/C=C\C(C)OC(C)O)CC1C. The molecule has 0 saturated carbocycles. The van der Waals surface area contributed by atoms with Crippen LogP contribution in [0.2, 0.25) is 0 Å². The lowest BCUT2D eigenvalue weighted by Gasteiger charge is -2.39. The summed E-state index contributed by atoms with van der Waals surface area (Å²) >= 11 is 0. The van der Waals surface area contributed by atoms with Crippen LogP contribution in [0.25, 0.3) is 0 Å². The van der Waals surface area contributed by atoms with Crippen molar-refractivity contribution in [3.63, 3.8) is 0 Å². The molecule has 3 heterocycles. The number of amides is 2. The Hall–Kier alpha value is -1.78. The van der Waals surface area contributed by atoms with E-state index in [1.807, 2.05) is 6.92 Å². The van der Waals surface area contributed by atoms with Gasteiger partial charge in [0.2, 0.25) is 11.8 Å². The average molecular weight is 523 g/mol. The topological polar surface area (TPSA) is 133 Å². The normalized spacial score (nSPS) is 36.5. The molecule has 10 atom stereocenters. The second kappa shape index (κ2) is 13.3. The fourth-order valence-corrected chi connectivity index (χ4v) is 5.43. The lowest BCUT2D eigenvalue weighted by atomic mass is 9.86. The fraction of sp³-hybridized carbons (Fsp3) is 0.786. The number of hydrogen-bond acceptors (Lipinski definition) is 7. The molecule has 3 saturated heterocycles. The lowest BCUT2D eigenvalue weighted by molar-refractivity contribution is -0.125. The van der Waals surface area contributed by atoms with E-state index >= 15 is 0 Å². The standard InChI is InChI=1S/C28H46N2O7/c1-17(6-9-22-14-28(16-34-28)15-23(37-22)13-26(29)32)7-10-25-18(2)12-24(20(4)36-25)30-27(33)11-8-19(3)35-21(5)31/h6,8-9,11,17-25,31H,7,10,12-16H2,1-5H3,(H2,29,32)(H,30,33)/b9-6+,11-8-/t17?,18?,19?,20?,21?,22?,23-,24?,25?,28?/m1/s1. The molecule has 0 aromatic heterocycles. The van der Waals surface area contributed by atoms with Crippen molar-refractivity contribution in [2.24, 2.45) is 17.6 Å². The van der Waals surface area contributed by atoms with Gasteiger partial charge in [0.15, 0.2) is 6.29 Å². The summed E-state index contributed by atoms with van der Waals surface area (Å²) in [5.74, 6) is 0.148. The highest BCUT2D eigenvalue weighted by molar-refractivity contribution is 5.87. The molecule has 9 nitrogen and oxygen atoms in total. The molecule has 3 fully saturated rings. The van der Waals surface area contributed by atoms with Gasteiger partial charge >= 0.3 is 0 Å². The number of carbonyl (C=O) groups excluding carboxylic acids is 2. The Labute approximate surface area is 221 Å². The van der Waals surface area contributed by atoms with Gasteiger partial charge in [-0.25, -0.2) is 0 Å². The molecule has 210 valence electrons. The van der Waals surface area contributed by atoms with E-state index in [1.54, 1.807) is 13.0 Å². The van der Waals surface area contributed by atoms with Crippen molar-refractivity contribution in [1.29, 1.82) is 0 Å². The summed E-state index contributed by atoms with van der Waals surface area (Å²) in [6.07, 6.45) is 10.5. The van der Waals surface area contributed by atoms with Crippen LogP contribution in [-0.4, -0.2) is 72.0 Å². The molecule has 0 radical (unpaired) electrons. The minimum atomic E-state index is -0.879. The largest absolute Gasteiger partial charge is 0.373 e. The maximum absolute atomic E-state index is 12.3. The highest BCUT2D eigenvalue weighted by Crippen LogP contribution is 2.43. The van der Waals surface area contributed by atoms with E-state index in [4.69, 9.17) is 24.7 Å². The summed E-state index contributed by atoms with van der Waals surface area (Å²) in [6, 6.07) is -0.0533. The van der Waals surface area contributed by atoms with Gasteiger partial charge in [-0.15, -0.1) is 0 Å². The second-order valence-electron chi connectivity index (χ2n) is 11.3. The van der Waals surface area contributed by atoms with Crippen molar-refractivity contribution >= 4 is 11.8 Å². The smallest absolute Gasteiger partial charge is 0.244 e. The molecule has 3 aliphatic rings. The van der Waals surface area contributed by atoms with Crippen LogP contribution in [-0.2, 0) is 28.5 Å².